The summed E-state index contributed by atoms with van der Waals surface area (Å²) in [6.07, 6.45) is 6.86. The Hall–Kier alpha value is -3.08. The predicted octanol–water partition coefficient (Wildman–Crippen LogP) is 5.86. The molecule has 4 rings (SSSR count). The average molecular weight is 378 g/mol. The van der Waals surface area contributed by atoms with Crippen LogP contribution in [-0.2, 0) is 0 Å². The molecule has 0 amide bonds. The van der Waals surface area contributed by atoms with E-state index in [1.807, 2.05) is 0 Å². The lowest BCUT2D eigenvalue weighted by molar-refractivity contribution is 1.66. The van der Waals surface area contributed by atoms with Crippen LogP contribution in [0.1, 0.15) is 5.56 Å². The van der Waals surface area contributed by atoms with Crippen molar-refractivity contribution in [2.45, 2.75) is 0 Å². The number of allylic oxidation sites excluding steroid dienone is 1. The van der Waals surface area contributed by atoms with Gasteiger partial charge in [0, 0.05) is 0 Å². The van der Waals surface area contributed by atoms with Crippen LogP contribution in [0.25, 0.3) is 6.08 Å². The van der Waals surface area contributed by atoms with Gasteiger partial charge in [-0.05, 0) is 36.4 Å². The summed E-state index contributed by atoms with van der Waals surface area (Å²) in [6, 6.07) is 43.2. The maximum Gasteiger partial charge on any atom is 0.0927 e. The minimum absolute atomic E-state index is 1.21. The molecule has 0 aliphatic rings. The summed E-state index contributed by atoms with van der Waals surface area (Å²) in [7, 11) is -1.90. The van der Waals surface area contributed by atoms with Crippen molar-refractivity contribution in [2.24, 2.45) is 0 Å². The lowest BCUT2D eigenvalue weighted by atomic mass is 10.2. The van der Waals surface area contributed by atoms with Gasteiger partial charge in [-0.3, -0.25) is 0 Å². The molecule has 28 heavy (non-hydrogen) atoms. The standard InChI is InChI=1S/C27H23P/c1-5-14-24(15-6-1)16-13-23-28(25-17-7-2-8-18-25,26-19-9-3-10-20-26)27-21-11-4-12-22-27/h1-23H/b16-13-. The van der Waals surface area contributed by atoms with Gasteiger partial charge in [0.2, 0.25) is 0 Å². The SMILES string of the molecule is C(=C/c1ccccc1)/[CH-][P+](c1ccccc1)(c1ccccc1)c1ccccc1. The Morgan fingerprint density at radius 3 is 1.21 bits per heavy atom. The first-order valence-corrected chi connectivity index (χ1v) is 11.4. The first kappa shape index (κ1) is 18.3. The largest absolute Gasteiger partial charge is 0.199 e. The predicted molar refractivity (Wildman–Crippen MR) is 125 cm³/mol. The van der Waals surface area contributed by atoms with Gasteiger partial charge >= 0.3 is 0 Å². The highest BCUT2D eigenvalue weighted by Crippen LogP contribution is 2.58. The summed E-state index contributed by atoms with van der Waals surface area (Å²) in [4.78, 5) is 0. The molecule has 0 aromatic heterocycles. The van der Waals surface area contributed by atoms with Gasteiger partial charge in [-0.1, -0.05) is 91.1 Å². The van der Waals surface area contributed by atoms with Crippen molar-refractivity contribution < 1.29 is 0 Å². The number of hydrogen-bond donors (Lipinski definition) is 0. The van der Waals surface area contributed by atoms with Crippen molar-refractivity contribution in [3.8, 4) is 0 Å². The van der Waals surface area contributed by atoms with Crippen molar-refractivity contribution in [1.82, 2.24) is 0 Å². The minimum Gasteiger partial charge on any atom is -0.199 e. The molecule has 0 unspecified atom stereocenters. The van der Waals surface area contributed by atoms with Gasteiger partial charge in [-0.2, -0.15) is 12.2 Å². The first-order valence-electron chi connectivity index (χ1n) is 9.53. The molecule has 0 saturated heterocycles. The molecule has 0 N–H and O–H groups in total. The van der Waals surface area contributed by atoms with E-state index in [0.717, 1.165) is 0 Å². The van der Waals surface area contributed by atoms with Crippen LogP contribution < -0.4 is 15.9 Å². The topological polar surface area (TPSA) is 0 Å². The average Bonchev–Trinajstić information content (AvgIpc) is 2.79. The van der Waals surface area contributed by atoms with Crippen molar-refractivity contribution in [2.75, 3.05) is 0 Å². The molecular formula is C27H23P. The third kappa shape index (κ3) is 3.79. The molecule has 0 atom stereocenters. The molecular weight excluding hydrogens is 355 g/mol. The second-order valence-corrected chi connectivity index (χ2v) is 9.94. The van der Waals surface area contributed by atoms with E-state index in [-0.39, 0.29) is 0 Å². The van der Waals surface area contributed by atoms with E-state index in [2.05, 4.69) is 140 Å². The highest BCUT2D eigenvalue weighted by molar-refractivity contribution is 7.97. The monoisotopic (exact) mass is 378 g/mol. The zero-order chi connectivity index (χ0) is 19.1. The molecule has 4 aromatic carbocycles. The van der Waals surface area contributed by atoms with Crippen LogP contribution in [0.3, 0.4) is 0 Å². The Morgan fingerprint density at radius 2 is 0.821 bits per heavy atom. The maximum atomic E-state index is 2.43. The molecule has 4 aromatic rings. The van der Waals surface area contributed by atoms with Gasteiger partial charge < -0.3 is 0 Å². The van der Waals surface area contributed by atoms with Crippen LogP contribution in [0.2, 0.25) is 0 Å². The van der Waals surface area contributed by atoms with E-state index in [9.17, 15) is 0 Å². The van der Waals surface area contributed by atoms with Crippen LogP contribution in [0.4, 0.5) is 0 Å². The second kappa shape index (κ2) is 8.74. The Kier molecular flexibility index (Phi) is 5.71. The number of hydrogen-bond acceptors (Lipinski definition) is 0. The molecule has 0 heterocycles. The summed E-state index contributed by atoms with van der Waals surface area (Å²) in [5, 5.41) is 4.10. The summed E-state index contributed by atoms with van der Waals surface area (Å²) in [6.45, 7) is 0. The summed E-state index contributed by atoms with van der Waals surface area (Å²) in [5.74, 6) is 0. The summed E-state index contributed by atoms with van der Waals surface area (Å²) < 4.78 is 0. The fourth-order valence-electron chi connectivity index (χ4n) is 3.54. The first-order chi connectivity index (χ1) is 13.9. The maximum absolute atomic E-state index is 2.43. The smallest absolute Gasteiger partial charge is 0.0927 e. The second-order valence-electron chi connectivity index (χ2n) is 6.65. The number of rotatable bonds is 6. The van der Waals surface area contributed by atoms with Crippen LogP contribution in [0.5, 0.6) is 0 Å². The highest BCUT2D eigenvalue weighted by atomic mass is 31.2. The molecule has 0 aliphatic carbocycles. The molecule has 136 valence electrons. The van der Waals surface area contributed by atoms with E-state index in [0.29, 0.717) is 0 Å². The fraction of sp³-hybridized carbons (Fsp3) is 0. The Morgan fingerprint density at radius 1 is 0.464 bits per heavy atom. The van der Waals surface area contributed by atoms with E-state index in [1.54, 1.807) is 0 Å². The molecule has 0 saturated carbocycles. The van der Waals surface area contributed by atoms with E-state index < -0.39 is 7.26 Å². The Bertz CT molecular complexity index is 910. The fourth-order valence-corrected chi connectivity index (χ4v) is 7.22. The third-order valence-corrected chi connectivity index (χ3v) is 8.85. The molecule has 0 nitrogen and oxygen atoms in total. The van der Waals surface area contributed by atoms with Gasteiger partial charge in [0.25, 0.3) is 0 Å². The Balaban J connectivity index is 1.87. The zero-order valence-corrected chi connectivity index (χ0v) is 16.6. The van der Waals surface area contributed by atoms with Gasteiger partial charge in [0.05, 0.1) is 23.2 Å². The Labute approximate surface area is 168 Å². The molecule has 0 bridgehead atoms. The number of benzene rings is 4. The summed E-state index contributed by atoms with van der Waals surface area (Å²) in [5.41, 5.74) is 1.21. The third-order valence-electron chi connectivity index (χ3n) is 4.89. The van der Waals surface area contributed by atoms with Gasteiger partial charge in [-0.15, -0.1) is 5.56 Å². The molecule has 1 heteroatoms. The lowest BCUT2D eigenvalue weighted by Gasteiger charge is -2.30. The summed E-state index contributed by atoms with van der Waals surface area (Å²) >= 11 is 0. The molecule has 0 aliphatic heterocycles. The van der Waals surface area contributed by atoms with E-state index in [4.69, 9.17) is 0 Å². The van der Waals surface area contributed by atoms with E-state index >= 15 is 0 Å². The van der Waals surface area contributed by atoms with Crippen molar-refractivity contribution in [1.29, 1.82) is 0 Å². The van der Waals surface area contributed by atoms with Gasteiger partial charge in [0.15, 0.2) is 0 Å². The van der Waals surface area contributed by atoms with Crippen molar-refractivity contribution >= 4 is 29.3 Å². The quantitative estimate of drug-likeness (QED) is 0.291. The van der Waals surface area contributed by atoms with Crippen molar-refractivity contribution in [3.63, 3.8) is 0 Å². The molecule has 0 fully saturated rings. The normalized spacial score (nSPS) is 11.4. The van der Waals surface area contributed by atoms with Gasteiger partial charge in [0.1, 0.15) is 0 Å². The minimum atomic E-state index is -1.90. The van der Waals surface area contributed by atoms with Crippen LogP contribution >= 0.6 is 7.26 Å². The van der Waals surface area contributed by atoms with Crippen LogP contribution in [0, 0.1) is 6.16 Å². The van der Waals surface area contributed by atoms with Crippen LogP contribution in [-0.4, -0.2) is 0 Å². The van der Waals surface area contributed by atoms with Crippen molar-refractivity contribution in [3.05, 3.63) is 139 Å². The van der Waals surface area contributed by atoms with Gasteiger partial charge in [-0.25, -0.2) is 0 Å². The van der Waals surface area contributed by atoms with E-state index in [1.165, 1.54) is 21.5 Å². The molecule has 0 radical (unpaired) electrons. The highest BCUT2D eigenvalue weighted by Gasteiger charge is 2.39. The zero-order valence-electron chi connectivity index (χ0n) is 15.7. The van der Waals surface area contributed by atoms with Crippen LogP contribution in [0.15, 0.2) is 127 Å². The lowest BCUT2D eigenvalue weighted by Crippen LogP contribution is -2.30. The molecule has 0 spiro atoms.